The normalized spacial score (nSPS) is 13.9. The van der Waals surface area contributed by atoms with E-state index in [1.807, 2.05) is 20.8 Å². The van der Waals surface area contributed by atoms with Crippen LogP contribution in [-0.2, 0) is 14.8 Å². The van der Waals surface area contributed by atoms with Crippen molar-refractivity contribution >= 4 is 15.9 Å². The lowest BCUT2D eigenvalue weighted by Crippen LogP contribution is -2.47. The highest BCUT2D eigenvalue weighted by atomic mass is 32.2. The van der Waals surface area contributed by atoms with Gasteiger partial charge in [0.25, 0.3) is 0 Å². The van der Waals surface area contributed by atoms with Gasteiger partial charge < -0.3 is 5.32 Å². The van der Waals surface area contributed by atoms with E-state index in [1.54, 1.807) is 37.3 Å². The van der Waals surface area contributed by atoms with Crippen LogP contribution in [-0.4, -0.2) is 20.4 Å². The molecule has 0 radical (unpaired) electrons. The second kappa shape index (κ2) is 9.30. The number of carbonyl (C=O) groups is 1. The summed E-state index contributed by atoms with van der Waals surface area (Å²) in [6, 6.07) is 11.0. The van der Waals surface area contributed by atoms with Crippen LogP contribution in [0.25, 0.3) is 0 Å². The molecule has 0 aliphatic heterocycles. The number of aryl methyl sites for hydroxylation is 1. The molecule has 0 fully saturated rings. The molecule has 2 rings (SSSR count). The van der Waals surface area contributed by atoms with Crippen molar-refractivity contribution in [1.82, 2.24) is 10.0 Å². The monoisotopic (exact) mass is 406 g/mol. The quantitative estimate of drug-likeness (QED) is 0.702. The molecule has 28 heavy (non-hydrogen) atoms. The fourth-order valence-electron chi connectivity index (χ4n) is 2.87. The van der Waals surface area contributed by atoms with E-state index in [2.05, 4.69) is 10.0 Å². The molecule has 0 spiro atoms. The Morgan fingerprint density at radius 2 is 1.64 bits per heavy atom. The SMILES string of the molecule is Cc1ccc(S(=O)(=O)NC(CC(C)C)C(=O)NC(C)c2ccccc2F)cc1. The maximum absolute atomic E-state index is 14.0. The minimum Gasteiger partial charge on any atom is -0.348 e. The summed E-state index contributed by atoms with van der Waals surface area (Å²) in [5.74, 6) is -0.823. The molecular weight excluding hydrogens is 379 g/mol. The molecule has 0 aromatic heterocycles. The molecule has 2 unspecified atom stereocenters. The van der Waals surface area contributed by atoms with E-state index in [1.165, 1.54) is 18.2 Å². The summed E-state index contributed by atoms with van der Waals surface area (Å²) >= 11 is 0. The highest BCUT2D eigenvalue weighted by Gasteiger charge is 2.28. The fraction of sp³-hybridized carbons (Fsp3) is 0.381. The Hall–Kier alpha value is -2.25. The summed E-state index contributed by atoms with van der Waals surface area (Å²) in [5, 5.41) is 2.72. The molecule has 7 heteroatoms. The maximum Gasteiger partial charge on any atom is 0.241 e. The van der Waals surface area contributed by atoms with Gasteiger partial charge in [-0.2, -0.15) is 4.72 Å². The molecular formula is C21H27FN2O3S. The zero-order valence-electron chi connectivity index (χ0n) is 16.6. The second-order valence-corrected chi connectivity index (χ2v) is 9.08. The lowest BCUT2D eigenvalue weighted by atomic mass is 10.0. The number of sulfonamides is 1. The average molecular weight is 407 g/mol. The number of nitrogens with one attached hydrogen (secondary N) is 2. The van der Waals surface area contributed by atoms with Crippen molar-refractivity contribution in [2.24, 2.45) is 5.92 Å². The smallest absolute Gasteiger partial charge is 0.241 e. The summed E-state index contributed by atoms with van der Waals surface area (Å²) in [6.07, 6.45) is 0.320. The molecule has 2 atom stereocenters. The van der Waals surface area contributed by atoms with E-state index in [9.17, 15) is 17.6 Å². The van der Waals surface area contributed by atoms with Crippen molar-refractivity contribution in [1.29, 1.82) is 0 Å². The Labute approximate surface area is 166 Å². The van der Waals surface area contributed by atoms with Crippen molar-refractivity contribution in [2.45, 2.75) is 51.1 Å². The van der Waals surface area contributed by atoms with Gasteiger partial charge in [-0.15, -0.1) is 0 Å². The van der Waals surface area contributed by atoms with Crippen LogP contribution in [0, 0.1) is 18.7 Å². The zero-order valence-corrected chi connectivity index (χ0v) is 17.4. The summed E-state index contributed by atoms with van der Waals surface area (Å²) in [5.41, 5.74) is 1.29. The van der Waals surface area contributed by atoms with Crippen molar-refractivity contribution < 1.29 is 17.6 Å². The molecule has 2 N–H and O–H groups in total. The topological polar surface area (TPSA) is 75.3 Å². The van der Waals surface area contributed by atoms with Crippen LogP contribution in [0.15, 0.2) is 53.4 Å². The van der Waals surface area contributed by atoms with Crippen LogP contribution in [0.4, 0.5) is 4.39 Å². The van der Waals surface area contributed by atoms with Crippen LogP contribution in [0.1, 0.15) is 44.4 Å². The largest absolute Gasteiger partial charge is 0.348 e. The average Bonchev–Trinajstić information content (AvgIpc) is 2.61. The summed E-state index contributed by atoms with van der Waals surface area (Å²) < 4.78 is 41.9. The molecule has 1 amide bonds. The molecule has 0 saturated carbocycles. The Balaban J connectivity index is 2.19. The van der Waals surface area contributed by atoms with Crippen molar-refractivity contribution in [3.05, 3.63) is 65.5 Å². The lowest BCUT2D eigenvalue weighted by molar-refractivity contribution is -0.123. The highest BCUT2D eigenvalue weighted by Crippen LogP contribution is 2.18. The third-order valence-corrected chi connectivity index (χ3v) is 5.87. The first-order valence-corrected chi connectivity index (χ1v) is 10.7. The lowest BCUT2D eigenvalue weighted by Gasteiger charge is -2.23. The van der Waals surface area contributed by atoms with Crippen LogP contribution >= 0.6 is 0 Å². The number of amides is 1. The summed E-state index contributed by atoms with van der Waals surface area (Å²) in [6.45, 7) is 7.33. The van der Waals surface area contributed by atoms with Crippen LogP contribution < -0.4 is 10.0 Å². The predicted octanol–water partition coefficient (Wildman–Crippen LogP) is 3.70. The number of benzene rings is 2. The Morgan fingerprint density at radius 3 is 2.21 bits per heavy atom. The number of rotatable bonds is 8. The minimum absolute atomic E-state index is 0.0836. The molecule has 2 aromatic rings. The van der Waals surface area contributed by atoms with E-state index in [0.29, 0.717) is 12.0 Å². The van der Waals surface area contributed by atoms with Gasteiger partial charge in [-0.1, -0.05) is 49.7 Å². The standard InChI is InChI=1S/C21H27FN2O3S/c1-14(2)13-20(24-28(26,27)17-11-9-15(3)10-12-17)21(25)23-16(4)18-7-5-6-8-19(18)22/h5-12,14,16,20,24H,13H2,1-4H3,(H,23,25). The molecule has 5 nitrogen and oxygen atoms in total. The number of carbonyl (C=O) groups excluding carboxylic acids is 1. The first kappa shape index (κ1) is 22.0. The third kappa shape index (κ3) is 5.87. The van der Waals surface area contributed by atoms with Gasteiger partial charge in [-0.3, -0.25) is 4.79 Å². The molecule has 0 bridgehead atoms. The molecule has 0 aliphatic rings. The van der Waals surface area contributed by atoms with Gasteiger partial charge in [0, 0.05) is 5.56 Å². The van der Waals surface area contributed by atoms with Gasteiger partial charge in [0.1, 0.15) is 11.9 Å². The molecule has 0 saturated heterocycles. The van der Waals surface area contributed by atoms with Crippen molar-refractivity contribution in [3.63, 3.8) is 0 Å². The molecule has 152 valence electrons. The van der Waals surface area contributed by atoms with E-state index in [4.69, 9.17) is 0 Å². The van der Waals surface area contributed by atoms with Crippen LogP contribution in [0.5, 0.6) is 0 Å². The van der Waals surface area contributed by atoms with Gasteiger partial charge in [-0.05, 0) is 44.4 Å². The molecule has 2 aromatic carbocycles. The number of hydrogen-bond acceptors (Lipinski definition) is 3. The van der Waals surface area contributed by atoms with Gasteiger partial charge >= 0.3 is 0 Å². The Kier molecular flexibility index (Phi) is 7.32. The van der Waals surface area contributed by atoms with Gasteiger partial charge in [-0.25, -0.2) is 12.8 Å². The number of hydrogen-bond donors (Lipinski definition) is 2. The highest BCUT2D eigenvalue weighted by molar-refractivity contribution is 7.89. The Morgan fingerprint density at radius 1 is 1.04 bits per heavy atom. The van der Waals surface area contributed by atoms with E-state index < -0.39 is 33.8 Å². The second-order valence-electron chi connectivity index (χ2n) is 7.37. The summed E-state index contributed by atoms with van der Waals surface area (Å²) in [7, 11) is -3.86. The fourth-order valence-corrected chi connectivity index (χ4v) is 4.08. The van der Waals surface area contributed by atoms with Crippen LogP contribution in [0.2, 0.25) is 0 Å². The predicted molar refractivity (Wildman–Crippen MR) is 108 cm³/mol. The van der Waals surface area contributed by atoms with Gasteiger partial charge in [0.2, 0.25) is 15.9 Å². The Bertz CT molecular complexity index is 912. The van der Waals surface area contributed by atoms with E-state index in [-0.39, 0.29) is 10.8 Å². The molecule has 0 aliphatic carbocycles. The van der Waals surface area contributed by atoms with Crippen LogP contribution in [0.3, 0.4) is 0 Å². The minimum atomic E-state index is -3.86. The van der Waals surface area contributed by atoms with Gasteiger partial charge in [0.05, 0.1) is 10.9 Å². The number of halogens is 1. The van der Waals surface area contributed by atoms with E-state index in [0.717, 1.165) is 5.56 Å². The van der Waals surface area contributed by atoms with Gasteiger partial charge in [0.15, 0.2) is 0 Å². The first-order valence-electron chi connectivity index (χ1n) is 9.24. The zero-order chi connectivity index (χ0) is 20.9. The summed E-state index contributed by atoms with van der Waals surface area (Å²) in [4.78, 5) is 12.9. The third-order valence-electron chi connectivity index (χ3n) is 4.38. The van der Waals surface area contributed by atoms with Crippen molar-refractivity contribution in [2.75, 3.05) is 0 Å². The van der Waals surface area contributed by atoms with E-state index >= 15 is 0 Å². The molecule has 0 heterocycles. The maximum atomic E-state index is 14.0. The van der Waals surface area contributed by atoms with Crippen molar-refractivity contribution in [3.8, 4) is 0 Å². The first-order chi connectivity index (χ1) is 13.1.